The van der Waals surface area contributed by atoms with Gasteiger partial charge in [0.15, 0.2) is 0 Å². The topological polar surface area (TPSA) is 23.8 Å². The lowest BCUT2D eigenvalue weighted by atomic mass is 10.2. The first kappa shape index (κ1) is 3.24. The van der Waals surface area contributed by atoms with Crippen molar-refractivity contribution < 1.29 is 4.11 Å². The van der Waals surface area contributed by atoms with Crippen molar-refractivity contribution in [2.24, 2.45) is 0 Å². The van der Waals surface area contributed by atoms with E-state index in [0.717, 1.165) is 0 Å². The van der Waals surface area contributed by atoms with Crippen molar-refractivity contribution in [1.29, 1.82) is 5.26 Å². The van der Waals surface area contributed by atoms with Crippen molar-refractivity contribution in [3.8, 4) is 6.07 Å². The number of benzene rings is 1. The van der Waals surface area contributed by atoms with Crippen molar-refractivity contribution >= 4 is 11.6 Å². The van der Waals surface area contributed by atoms with Crippen LogP contribution in [0.15, 0.2) is 24.2 Å². The first-order chi connectivity index (χ1) is 5.57. The standard InChI is InChI=1S/C7H4ClN/c8-7-3-1-6(5-9)2-4-7/h1-4H/i1D,3D,4D. The highest BCUT2D eigenvalue weighted by atomic mass is 35.5. The fourth-order valence-corrected chi connectivity index (χ4v) is 0.492. The van der Waals surface area contributed by atoms with E-state index in [2.05, 4.69) is 0 Å². The molecule has 0 aliphatic carbocycles. The van der Waals surface area contributed by atoms with Crippen LogP contribution in [0.2, 0.25) is 5.02 Å². The van der Waals surface area contributed by atoms with Gasteiger partial charge in [-0.2, -0.15) is 5.26 Å². The van der Waals surface area contributed by atoms with Crippen LogP contribution in [0.1, 0.15) is 9.68 Å². The molecular weight excluding hydrogens is 134 g/mol. The molecule has 0 saturated heterocycles. The maximum atomic E-state index is 8.48. The summed E-state index contributed by atoms with van der Waals surface area (Å²) in [5.74, 6) is 0. The van der Waals surface area contributed by atoms with E-state index in [0.29, 0.717) is 0 Å². The van der Waals surface area contributed by atoms with Gasteiger partial charge >= 0.3 is 0 Å². The van der Waals surface area contributed by atoms with Gasteiger partial charge in [0.25, 0.3) is 0 Å². The monoisotopic (exact) mass is 140 g/mol. The summed E-state index contributed by atoms with van der Waals surface area (Å²) in [6.45, 7) is 0. The van der Waals surface area contributed by atoms with Crippen LogP contribution < -0.4 is 0 Å². The van der Waals surface area contributed by atoms with E-state index in [4.69, 9.17) is 21.0 Å². The van der Waals surface area contributed by atoms with Gasteiger partial charge in [-0.25, -0.2) is 0 Å². The van der Waals surface area contributed by atoms with Gasteiger partial charge in [-0.05, 0) is 24.2 Å². The average Bonchev–Trinajstić information content (AvgIpc) is 2.08. The van der Waals surface area contributed by atoms with Crippen molar-refractivity contribution in [2.45, 2.75) is 0 Å². The minimum absolute atomic E-state index is 0.00870. The maximum Gasteiger partial charge on any atom is 0.0991 e. The minimum atomic E-state index is -0.263. The van der Waals surface area contributed by atoms with E-state index in [1.165, 1.54) is 6.07 Å². The SMILES string of the molecule is [2H]c1cc(C#N)c([2H])c([2H])c1Cl. The van der Waals surface area contributed by atoms with Gasteiger partial charge in [0.05, 0.1) is 15.7 Å². The van der Waals surface area contributed by atoms with E-state index < -0.39 is 0 Å². The molecule has 0 N–H and O–H groups in total. The molecule has 1 rings (SSSR count). The van der Waals surface area contributed by atoms with Gasteiger partial charge < -0.3 is 0 Å². The van der Waals surface area contributed by atoms with Crippen molar-refractivity contribution in [1.82, 2.24) is 0 Å². The molecule has 0 bridgehead atoms. The summed E-state index contributed by atoms with van der Waals surface area (Å²) in [5, 5.41) is 8.39. The van der Waals surface area contributed by atoms with Gasteiger partial charge in [0.2, 0.25) is 0 Å². The molecule has 9 heavy (non-hydrogen) atoms. The van der Waals surface area contributed by atoms with Gasteiger partial charge in [-0.1, -0.05) is 11.6 Å². The summed E-state index contributed by atoms with van der Waals surface area (Å²) in [6.07, 6.45) is 0. The van der Waals surface area contributed by atoms with Gasteiger partial charge in [-0.15, -0.1) is 0 Å². The highest BCUT2D eigenvalue weighted by Gasteiger charge is 1.86. The molecule has 0 fully saturated rings. The Morgan fingerprint density at radius 2 is 2.33 bits per heavy atom. The summed E-state index contributed by atoms with van der Waals surface area (Å²) in [4.78, 5) is 0. The second-order valence-electron chi connectivity index (χ2n) is 1.38. The molecule has 0 heterocycles. The summed E-state index contributed by atoms with van der Waals surface area (Å²) in [5.41, 5.74) is 0.00870. The molecule has 0 aromatic heterocycles. The van der Waals surface area contributed by atoms with E-state index in [1.807, 2.05) is 0 Å². The quantitative estimate of drug-likeness (QED) is 0.542. The van der Waals surface area contributed by atoms with Gasteiger partial charge in [0, 0.05) is 5.02 Å². The molecule has 0 amide bonds. The Labute approximate surface area is 62.7 Å². The molecule has 1 nitrogen and oxygen atoms in total. The summed E-state index contributed by atoms with van der Waals surface area (Å²) in [7, 11) is 0. The first-order valence-electron chi connectivity index (χ1n) is 3.74. The molecule has 1 aromatic rings. The highest BCUT2D eigenvalue weighted by Crippen LogP contribution is 2.07. The Bertz CT molecular complexity index is 370. The summed E-state index contributed by atoms with van der Waals surface area (Å²) >= 11 is 5.51. The van der Waals surface area contributed by atoms with Crippen LogP contribution in [0.3, 0.4) is 0 Å². The van der Waals surface area contributed by atoms with Crippen molar-refractivity contribution in [2.75, 3.05) is 0 Å². The normalized spacial score (nSPS) is 13.1. The second-order valence-corrected chi connectivity index (χ2v) is 1.76. The third kappa shape index (κ3) is 1.45. The lowest BCUT2D eigenvalue weighted by Crippen LogP contribution is -1.69. The lowest BCUT2D eigenvalue weighted by molar-refractivity contribution is 1.49. The maximum absolute atomic E-state index is 8.48. The van der Waals surface area contributed by atoms with Crippen LogP contribution >= 0.6 is 11.6 Å². The number of hydrogen-bond donors (Lipinski definition) is 0. The molecule has 0 radical (unpaired) electrons. The average molecular weight is 141 g/mol. The van der Waals surface area contributed by atoms with Crippen LogP contribution in [0, 0.1) is 11.3 Å². The summed E-state index contributed by atoms with van der Waals surface area (Å²) < 4.78 is 21.7. The molecule has 0 unspecified atom stereocenters. The molecule has 44 valence electrons. The second kappa shape index (κ2) is 2.52. The largest absolute Gasteiger partial charge is 0.192 e. The number of halogens is 1. The Morgan fingerprint density at radius 3 is 3.00 bits per heavy atom. The third-order valence-electron chi connectivity index (χ3n) is 0.771. The molecule has 0 aliphatic heterocycles. The molecule has 1 aromatic carbocycles. The van der Waals surface area contributed by atoms with Crippen molar-refractivity contribution in [3.05, 3.63) is 34.8 Å². The Morgan fingerprint density at radius 1 is 1.56 bits per heavy atom. The van der Waals surface area contributed by atoms with Gasteiger partial charge in [-0.3, -0.25) is 0 Å². The lowest BCUT2D eigenvalue weighted by Gasteiger charge is -1.86. The van der Waals surface area contributed by atoms with E-state index in [1.54, 1.807) is 6.07 Å². The summed E-state index contributed by atoms with van der Waals surface area (Å²) in [6, 6.07) is 2.33. The first-order valence-corrected chi connectivity index (χ1v) is 2.62. The van der Waals surface area contributed by atoms with E-state index in [9.17, 15) is 0 Å². The number of rotatable bonds is 0. The molecule has 0 atom stereocenters. The van der Waals surface area contributed by atoms with Crippen LogP contribution in [-0.2, 0) is 0 Å². The number of nitriles is 1. The van der Waals surface area contributed by atoms with Crippen LogP contribution in [0.5, 0.6) is 0 Å². The predicted octanol–water partition coefficient (Wildman–Crippen LogP) is 2.21. The molecule has 0 saturated carbocycles. The minimum Gasteiger partial charge on any atom is -0.192 e. The Balaban J connectivity index is 3.52. The molecule has 0 aliphatic rings. The van der Waals surface area contributed by atoms with Crippen LogP contribution in [0.25, 0.3) is 0 Å². The zero-order valence-corrected chi connectivity index (χ0v) is 5.16. The predicted molar refractivity (Wildman–Crippen MR) is 36.2 cm³/mol. The van der Waals surface area contributed by atoms with E-state index in [-0.39, 0.29) is 28.7 Å². The van der Waals surface area contributed by atoms with Crippen LogP contribution in [0.4, 0.5) is 0 Å². The molecule has 2 heteroatoms. The fraction of sp³-hybridized carbons (Fsp3) is 0. The third-order valence-corrected chi connectivity index (χ3v) is 0.974. The zero-order valence-electron chi connectivity index (χ0n) is 7.40. The molecular formula is C7H4ClN. The smallest absolute Gasteiger partial charge is 0.0991 e. The molecule has 0 spiro atoms. The van der Waals surface area contributed by atoms with Crippen molar-refractivity contribution in [3.63, 3.8) is 0 Å². The number of hydrogen-bond acceptors (Lipinski definition) is 1. The van der Waals surface area contributed by atoms with E-state index >= 15 is 0 Å². The number of nitrogens with zero attached hydrogens (tertiary/aromatic N) is 1. The highest BCUT2D eigenvalue weighted by molar-refractivity contribution is 6.30. The fourth-order valence-electron chi connectivity index (χ4n) is 0.390. The zero-order chi connectivity index (χ0) is 9.30. The van der Waals surface area contributed by atoms with Gasteiger partial charge in [0.1, 0.15) is 0 Å². The Hall–Kier alpha value is -1.000. The Kier molecular flexibility index (Phi) is 0.907. The van der Waals surface area contributed by atoms with Crippen LogP contribution in [-0.4, -0.2) is 0 Å².